The van der Waals surface area contributed by atoms with Crippen LogP contribution in [0.25, 0.3) is 0 Å². The molecule has 13 heteroatoms. The Morgan fingerprint density at radius 1 is 0.794 bits per heavy atom. The van der Waals surface area contributed by atoms with Crippen LogP contribution in [0.3, 0.4) is 0 Å². The van der Waals surface area contributed by atoms with E-state index in [1.807, 2.05) is 0 Å². The first-order valence-electron chi connectivity index (χ1n) is 12.1. The number of nitrogens with two attached hydrogens (primary N) is 4. The summed E-state index contributed by atoms with van der Waals surface area (Å²) >= 11 is 0. The lowest BCUT2D eigenvalue weighted by atomic mass is 9.88. The standard InChI is InChI=1S/C21H41N5O8/c1-7-13(25)15(27)17(29)21(30-7)34-20-14(26-2)16(28)18-12(32-20)6-10(24)19(33-18)31-11-4-3-8(22)5-9(11)23/h7-21,26-29H,3-6,22-25H2,1-2H3/t7?,8-,9?,10?,11-,12-,13+,14?,15-,16?,17?,18?,19-,20?,21+/m0/s1. The van der Waals surface area contributed by atoms with Gasteiger partial charge in [0.2, 0.25) is 0 Å². The van der Waals surface area contributed by atoms with E-state index in [4.69, 9.17) is 46.6 Å². The zero-order chi connectivity index (χ0) is 24.7. The van der Waals surface area contributed by atoms with Crippen molar-refractivity contribution in [3.8, 4) is 0 Å². The minimum Gasteiger partial charge on any atom is -0.388 e. The molecule has 198 valence electrons. The fraction of sp³-hybridized carbons (Fsp3) is 1.00. The molecule has 0 spiro atoms. The summed E-state index contributed by atoms with van der Waals surface area (Å²) in [5.74, 6) is 0. The van der Waals surface area contributed by atoms with Crippen LogP contribution in [0.5, 0.6) is 0 Å². The molecule has 3 saturated heterocycles. The fourth-order valence-electron chi connectivity index (χ4n) is 5.32. The van der Waals surface area contributed by atoms with Gasteiger partial charge in [-0.15, -0.1) is 0 Å². The van der Waals surface area contributed by atoms with Gasteiger partial charge in [-0.2, -0.15) is 0 Å². The minimum atomic E-state index is -1.38. The molecule has 8 unspecified atom stereocenters. The number of likely N-dealkylation sites (N-methyl/N-ethyl adjacent to an activating group) is 1. The van der Waals surface area contributed by atoms with Crippen molar-refractivity contribution in [2.24, 2.45) is 22.9 Å². The fourth-order valence-corrected chi connectivity index (χ4v) is 5.32. The van der Waals surface area contributed by atoms with Crippen LogP contribution in [-0.4, -0.2) is 114 Å². The van der Waals surface area contributed by atoms with Gasteiger partial charge in [-0.1, -0.05) is 0 Å². The molecule has 0 aromatic carbocycles. The van der Waals surface area contributed by atoms with Gasteiger partial charge >= 0.3 is 0 Å². The summed E-state index contributed by atoms with van der Waals surface area (Å²) in [6.45, 7) is 1.68. The predicted octanol–water partition coefficient (Wildman–Crippen LogP) is -3.86. The molecule has 0 aromatic rings. The quantitative estimate of drug-likeness (QED) is 0.185. The maximum absolute atomic E-state index is 11.1. The van der Waals surface area contributed by atoms with E-state index in [0.29, 0.717) is 12.8 Å². The third kappa shape index (κ3) is 5.27. The molecule has 12 N–H and O–H groups in total. The van der Waals surface area contributed by atoms with E-state index in [1.54, 1.807) is 14.0 Å². The van der Waals surface area contributed by atoms with Gasteiger partial charge in [0.1, 0.15) is 24.4 Å². The zero-order valence-corrected chi connectivity index (χ0v) is 19.7. The van der Waals surface area contributed by atoms with Gasteiger partial charge in [0, 0.05) is 12.1 Å². The average molecular weight is 492 g/mol. The first-order chi connectivity index (χ1) is 16.1. The molecule has 0 bridgehead atoms. The van der Waals surface area contributed by atoms with E-state index >= 15 is 0 Å². The van der Waals surface area contributed by atoms with Crippen LogP contribution in [0.2, 0.25) is 0 Å². The molecule has 0 radical (unpaired) electrons. The lowest BCUT2D eigenvalue weighted by Gasteiger charge is -2.51. The zero-order valence-electron chi connectivity index (χ0n) is 19.7. The van der Waals surface area contributed by atoms with Crippen molar-refractivity contribution >= 4 is 0 Å². The summed E-state index contributed by atoms with van der Waals surface area (Å²) in [6.07, 6.45) is -6.13. The van der Waals surface area contributed by atoms with Crippen molar-refractivity contribution in [2.75, 3.05) is 7.05 Å². The summed E-state index contributed by atoms with van der Waals surface area (Å²) in [5, 5.41) is 34.7. The molecule has 1 saturated carbocycles. The van der Waals surface area contributed by atoms with Crippen LogP contribution < -0.4 is 28.3 Å². The second-order valence-electron chi connectivity index (χ2n) is 10.0. The molecule has 4 fully saturated rings. The first kappa shape index (κ1) is 26.5. The number of nitrogens with one attached hydrogen (secondary N) is 1. The molecule has 0 aromatic heterocycles. The highest BCUT2D eigenvalue weighted by Gasteiger charge is 2.53. The molecule has 13 nitrogen and oxygen atoms in total. The molecule has 1 aliphatic carbocycles. The van der Waals surface area contributed by atoms with Crippen molar-refractivity contribution in [2.45, 2.75) is 124 Å². The van der Waals surface area contributed by atoms with Gasteiger partial charge < -0.3 is 67.3 Å². The molecule has 34 heavy (non-hydrogen) atoms. The molecule has 15 atom stereocenters. The van der Waals surface area contributed by atoms with E-state index in [0.717, 1.165) is 12.8 Å². The number of rotatable bonds is 5. The third-order valence-corrected chi connectivity index (χ3v) is 7.52. The highest BCUT2D eigenvalue weighted by molar-refractivity contribution is 5.00. The van der Waals surface area contributed by atoms with Crippen molar-refractivity contribution in [1.82, 2.24) is 5.32 Å². The number of aliphatic hydroxyl groups is 3. The lowest BCUT2D eigenvalue weighted by molar-refractivity contribution is -0.369. The Labute approximate surface area is 199 Å². The van der Waals surface area contributed by atoms with Crippen molar-refractivity contribution in [1.29, 1.82) is 0 Å². The minimum absolute atomic E-state index is 0.0635. The molecular weight excluding hydrogens is 450 g/mol. The van der Waals surface area contributed by atoms with Crippen molar-refractivity contribution in [3.63, 3.8) is 0 Å². The molecular formula is C21H41N5O8. The second-order valence-corrected chi connectivity index (χ2v) is 10.0. The summed E-state index contributed by atoms with van der Waals surface area (Å²) in [7, 11) is 1.65. The monoisotopic (exact) mass is 491 g/mol. The van der Waals surface area contributed by atoms with Crippen LogP contribution in [0.4, 0.5) is 0 Å². The van der Waals surface area contributed by atoms with Crippen LogP contribution >= 0.6 is 0 Å². The summed E-state index contributed by atoms with van der Waals surface area (Å²) in [4.78, 5) is 0. The summed E-state index contributed by atoms with van der Waals surface area (Å²) in [6, 6.07) is -2.13. The van der Waals surface area contributed by atoms with Gasteiger partial charge in [0.15, 0.2) is 18.9 Å². The normalized spacial score (nSPS) is 54.4. The van der Waals surface area contributed by atoms with Gasteiger partial charge in [0.25, 0.3) is 0 Å². The van der Waals surface area contributed by atoms with Crippen LogP contribution in [0, 0.1) is 0 Å². The predicted molar refractivity (Wildman–Crippen MR) is 119 cm³/mol. The van der Waals surface area contributed by atoms with Gasteiger partial charge in [-0.05, 0) is 39.7 Å². The van der Waals surface area contributed by atoms with Gasteiger partial charge in [-0.25, -0.2) is 0 Å². The van der Waals surface area contributed by atoms with Crippen LogP contribution in [-0.2, 0) is 23.7 Å². The third-order valence-electron chi connectivity index (χ3n) is 7.52. The lowest BCUT2D eigenvalue weighted by Crippen LogP contribution is -2.69. The maximum atomic E-state index is 11.1. The van der Waals surface area contributed by atoms with E-state index in [2.05, 4.69) is 5.32 Å². The Morgan fingerprint density at radius 3 is 2.21 bits per heavy atom. The molecule has 4 aliphatic rings. The maximum Gasteiger partial charge on any atom is 0.189 e. The Balaban J connectivity index is 1.41. The van der Waals surface area contributed by atoms with Gasteiger partial charge in [0.05, 0.1) is 36.4 Å². The van der Waals surface area contributed by atoms with E-state index < -0.39 is 73.6 Å². The van der Waals surface area contributed by atoms with E-state index in [1.165, 1.54) is 0 Å². The number of hydrogen-bond donors (Lipinski definition) is 8. The Kier molecular flexibility index (Phi) is 8.47. The van der Waals surface area contributed by atoms with Crippen molar-refractivity contribution < 1.29 is 39.0 Å². The smallest absolute Gasteiger partial charge is 0.189 e. The topological polar surface area (TPSA) is 223 Å². The number of hydrogen-bond acceptors (Lipinski definition) is 13. The molecule has 4 rings (SSSR count). The van der Waals surface area contributed by atoms with Gasteiger partial charge in [-0.3, -0.25) is 0 Å². The Bertz CT molecular complexity index is 679. The summed E-state index contributed by atoms with van der Waals surface area (Å²) in [5.41, 5.74) is 24.4. The number of ether oxygens (including phenoxy) is 5. The Hall–Kier alpha value is -0.520. The van der Waals surface area contributed by atoms with Crippen LogP contribution in [0.15, 0.2) is 0 Å². The first-order valence-corrected chi connectivity index (χ1v) is 12.1. The van der Waals surface area contributed by atoms with Crippen molar-refractivity contribution in [3.05, 3.63) is 0 Å². The van der Waals surface area contributed by atoms with E-state index in [-0.39, 0.29) is 18.2 Å². The molecule has 3 heterocycles. The highest BCUT2D eigenvalue weighted by Crippen LogP contribution is 2.35. The SMILES string of the molecule is CNC1C(O[C@H]2OC(C)[C@@H](N)[C@H](O)C2O)O[C@H]2CC(N)[C@@H](O[C@H]3CC[C@H](N)CC3N)OC2C1O. The Morgan fingerprint density at radius 2 is 1.53 bits per heavy atom. The molecule has 0 amide bonds. The molecule has 3 aliphatic heterocycles. The second kappa shape index (κ2) is 10.8. The van der Waals surface area contributed by atoms with E-state index in [9.17, 15) is 15.3 Å². The summed E-state index contributed by atoms with van der Waals surface area (Å²) < 4.78 is 29.8. The van der Waals surface area contributed by atoms with Crippen LogP contribution in [0.1, 0.15) is 32.6 Å². The number of aliphatic hydroxyl groups excluding tert-OH is 3. The largest absolute Gasteiger partial charge is 0.388 e. The number of fused-ring (bicyclic) bond motifs is 1. The highest BCUT2D eigenvalue weighted by atomic mass is 16.8. The average Bonchev–Trinajstić information content (AvgIpc) is 2.79.